The molecule has 0 saturated heterocycles. The number of carbonyl (C=O) groups is 2. The third kappa shape index (κ3) is 10.6. The van der Waals surface area contributed by atoms with Crippen molar-refractivity contribution in [1.82, 2.24) is 10.3 Å². The number of carbonyl (C=O) groups excluding carboxylic acids is 2. The normalized spacial score (nSPS) is 14.5. The lowest BCUT2D eigenvalue weighted by molar-refractivity contribution is -0.907. The second-order valence-corrected chi connectivity index (χ2v) is 10.6. The Labute approximate surface area is 247 Å². The van der Waals surface area contributed by atoms with E-state index in [-0.39, 0.29) is 11.8 Å². The average molecular weight is 575 g/mol. The van der Waals surface area contributed by atoms with Crippen LogP contribution in [0, 0.1) is 0 Å². The second-order valence-electron chi connectivity index (χ2n) is 10.6. The van der Waals surface area contributed by atoms with Gasteiger partial charge in [-0.15, -0.1) is 0 Å². The lowest BCUT2D eigenvalue weighted by atomic mass is 10.0. The summed E-state index contributed by atoms with van der Waals surface area (Å²) in [5, 5.41) is 6.75. The highest BCUT2D eigenvalue weighted by molar-refractivity contribution is 5.98. The summed E-state index contributed by atoms with van der Waals surface area (Å²) in [6, 6.07) is 17.9. The van der Waals surface area contributed by atoms with Gasteiger partial charge in [0, 0.05) is 5.39 Å². The molecule has 0 fully saturated rings. The molecule has 42 heavy (non-hydrogen) atoms. The number of nitrogens with one attached hydrogen (secondary N) is 2. The molecule has 0 aliphatic rings. The summed E-state index contributed by atoms with van der Waals surface area (Å²) in [7, 11) is 2.12. The zero-order chi connectivity index (χ0) is 30.2. The van der Waals surface area contributed by atoms with Crippen LogP contribution in [0.5, 0.6) is 0 Å². The van der Waals surface area contributed by atoms with Crippen molar-refractivity contribution in [2.24, 2.45) is 27.2 Å². The molecule has 0 radical (unpaired) electrons. The fourth-order valence-corrected chi connectivity index (χ4v) is 4.78. The number of nitrogens with two attached hydrogens (primary N) is 3. The third-order valence-corrected chi connectivity index (χ3v) is 7.35. The van der Waals surface area contributed by atoms with Crippen LogP contribution < -0.4 is 27.8 Å². The van der Waals surface area contributed by atoms with Gasteiger partial charge in [0.25, 0.3) is 0 Å². The van der Waals surface area contributed by atoms with Crippen molar-refractivity contribution in [2.45, 2.75) is 37.8 Å². The molecule has 11 nitrogen and oxygen atoms in total. The number of aryl methyl sites for hydroxylation is 1. The van der Waals surface area contributed by atoms with Crippen molar-refractivity contribution in [2.75, 3.05) is 45.1 Å². The van der Waals surface area contributed by atoms with Crippen LogP contribution in [0.1, 0.15) is 24.8 Å². The molecule has 2 atom stereocenters. The van der Waals surface area contributed by atoms with E-state index in [4.69, 9.17) is 17.2 Å². The maximum Gasteiger partial charge on any atom is 0.247 e. The molecular formula is C31H44N9O2+. The van der Waals surface area contributed by atoms with Gasteiger partial charge < -0.3 is 32.3 Å². The van der Waals surface area contributed by atoms with E-state index in [1.54, 1.807) is 6.20 Å². The highest BCUT2D eigenvalue weighted by atomic mass is 16.2. The predicted octanol–water partition coefficient (Wildman–Crippen LogP) is 1.82. The molecule has 0 aliphatic carbocycles. The zero-order valence-corrected chi connectivity index (χ0v) is 24.4. The molecule has 0 aliphatic heterocycles. The van der Waals surface area contributed by atoms with E-state index in [9.17, 15) is 9.59 Å². The van der Waals surface area contributed by atoms with Crippen LogP contribution >= 0.6 is 0 Å². The van der Waals surface area contributed by atoms with Crippen LogP contribution in [0.15, 0.2) is 76.8 Å². The number of rotatable bonds is 17. The Bertz CT molecular complexity index is 1310. The van der Waals surface area contributed by atoms with Gasteiger partial charge >= 0.3 is 0 Å². The largest absolute Gasteiger partial charge is 0.390 e. The smallest absolute Gasteiger partial charge is 0.247 e. The third-order valence-electron chi connectivity index (χ3n) is 7.35. The Morgan fingerprint density at radius 2 is 1.60 bits per heavy atom. The molecule has 2 aromatic carbocycles. The second kappa shape index (κ2) is 16.8. The number of pyridine rings is 1. The molecular weight excluding hydrogens is 530 g/mol. The summed E-state index contributed by atoms with van der Waals surface area (Å²) in [5.74, 6) is -0.664. The number of nitrogens with zero attached hydrogens (tertiary/aromatic N) is 4. The summed E-state index contributed by atoms with van der Waals surface area (Å²) in [4.78, 5) is 39.3. The Balaban J connectivity index is 1.62. The summed E-state index contributed by atoms with van der Waals surface area (Å²) < 4.78 is 0.699. The molecule has 0 bridgehead atoms. The molecule has 8 N–H and O–H groups in total. The predicted molar refractivity (Wildman–Crippen MR) is 170 cm³/mol. The minimum atomic E-state index is -0.764. The van der Waals surface area contributed by atoms with Crippen LogP contribution in [0.4, 0.5) is 5.69 Å². The van der Waals surface area contributed by atoms with Crippen molar-refractivity contribution >= 4 is 41.1 Å². The minimum Gasteiger partial charge on any atom is -0.390 e. The summed E-state index contributed by atoms with van der Waals surface area (Å²) in [5.41, 5.74) is 19.6. The molecule has 11 heteroatoms. The van der Waals surface area contributed by atoms with Gasteiger partial charge in [0.05, 0.1) is 75.9 Å². The van der Waals surface area contributed by atoms with E-state index in [0.717, 1.165) is 36.1 Å². The highest BCUT2D eigenvalue weighted by Gasteiger charge is 2.26. The summed E-state index contributed by atoms with van der Waals surface area (Å²) >= 11 is 0. The molecule has 0 spiro atoms. The molecule has 0 unspecified atom stereocenters. The van der Waals surface area contributed by atoms with Gasteiger partial charge in [0.2, 0.25) is 11.8 Å². The van der Waals surface area contributed by atoms with Crippen molar-refractivity contribution in [3.63, 3.8) is 0 Å². The average Bonchev–Trinajstić information content (AvgIpc) is 2.99. The van der Waals surface area contributed by atoms with Gasteiger partial charge in [-0.3, -0.25) is 24.6 Å². The van der Waals surface area contributed by atoms with Gasteiger partial charge in [-0.25, -0.2) is 0 Å². The number of hydrogen-bond donors (Lipinski definition) is 5. The van der Waals surface area contributed by atoms with E-state index in [1.807, 2.05) is 60.7 Å². The van der Waals surface area contributed by atoms with E-state index in [0.29, 0.717) is 48.9 Å². The number of benzene rings is 2. The van der Waals surface area contributed by atoms with Gasteiger partial charge in [-0.05, 0) is 43.4 Å². The van der Waals surface area contributed by atoms with E-state index in [1.165, 1.54) is 12.7 Å². The van der Waals surface area contributed by atoms with Crippen LogP contribution in [-0.2, 0) is 16.0 Å². The van der Waals surface area contributed by atoms with Gasteiger partial charge in [0.1, 0.15) is 6.04 Å². The number of quaternary nitrogens is 1. The van der Waals surface area contributed by atoms with E-state index < -0.39 is 12.1 Å². The Morgan fingerprint density at radius 1 is 0.929 bits per heavy atom. The molecule has 3 rings (SSSR count). The van der Waals surface area contributed by atoms with Gasteiger partial charge in [-0.1, -0.05) is 48.5 Å². The highest BCUT2D eigenvalue weighted by Crippen LogP contribution is 2.17. The van der Waals surface area contributed by atoms with Crippen LogP contribution in [0.25, 0.3) is 10.9 Å². The monoisotopic (exact) mass is 574 g/mol. The lowest BCUT2D eigenvalue weighted by Crippen LogP contribution is -2.51. The SMILES string of the molecule is C[N+](CCC[C@H](N)C(=O)N[C@H](CCc1ccccc1)C(=O)Nc1cnc2ccccc2c1)(CCN=CN)CCN=CN. The molecule has 224 valence electrons. The van der Waals surface area contributed by atoms with Crippen LogP contribution in [-0.4, -0.2) is 85.8 Å². The van der Waals surface area contributed by atoms with E-state index in [2.05, 4.69) is 32.7 Å². The standard InChI is InChI=1S/C31H43N9O2/c1-40(18-15-35-22-32,19-16-36-23-33)17-7-11-27(34)30(41)39-29(14-13-24-8-3-2-4-9-24)31(42)38-26-20-25-10-5-6-12-28(25)37-21-26/h2-6,8-10,12,20-23,27,29H,7,11,13-19,34H2,1H3,(H5-,32,33,35,36,38,39,41,42)/p+1/t27-,29+/m0/s1. The van der Waals surface area contributed by atoms with Crippen LogP contribution in [0.3, 0.4) is 0 Å². The summed E-state index contributed by atoms with van der Waals surface area (Å²) in [6.07, 6.45) is 6.47. The van der Waals surface area contributed by atoms with Crippen molar-refractivity contribution < 1.29 is 14.1 Å². The quantitative estimate of drug-likeness (QED) is 0.0934. The number of aromatic nitrogens is 1. The first-order chi connectivity index (χ1) is 20.3. The topological polar surface area (TPSA) is 174 Å². The molecule has 2 amide bonds. The Hall–Kier alpha value is -4.35. The molecule has 1 heterocycles. The maximum atomic E-state index is 13.4. The fourth-order valence-electron chi connectivity index (χ4n) is 4.78. The number of anilines is 1. The van der Waals surface area contributed by atoms with Crippen molar-refractivity contribution in [3.8, 4) is 0 Å². The summed E-state index contributed by atoms with van der Waals surface area (Å²) in [6.45, 7) is 3.53. The first-order valence-electron chi connectivity index (χ1n) is 14.3. The lowest BCUT2D eigenvalue weighted by Gasteiger charge is -2.34. The maximum absolute atomic E-state index is 13.4. The number of fused-ring (bicyclic) bond motifs is 1. The van der Waals surface area contributed by atoms with Crippen molar-refractivity contribution in [1.29, 1.82) is 0 Å². The Kier molecular flexibility index (Phi) is 12.9. The number of aliphatic imine (C=N–C) groups is 2. The number of likely N-dealkylation sites (N-methyl/N-ethyl adjacent to an activating group) is 1. The molecule has 0 saturated carbocycles. The Morgan fingerprint density at radius 3 is 2.29 bits per heavy atom. The number of para-hydroxylation sites is 1. The fraction of sp³-hybridized carbons (Fsp3) is 0.387. The van der Waals surface area contributed by atoms with Crippen molar-refractivity contribution in [3.05, 3.63) is 72.4 Å². The van der Waals surface area contributed by atoms with Gasteiger partial charge in [-0.2, -0.15) is 0 Å². The molecule has 3 aromatic rings. The van der Waals surface area contributed by atoms with Crippen LogP contribution in [0.2, 0.25) is 0 Å². The van der Waals surface area contributed by atoms with Gasteiger partial charge in [0.15, 0.2) is 0 Å². The van der Waals surface area contributed by atoms with E-state index >= 15 is 0 Å². The first kappa shape index (κ1) is 32.2. The number of amides is 2. The first-order valence-corrected chi connectivity index (χ1v) is 14.3. The zero-order valence-electron chi connectivity index (χ0n) is 24.4. The minimum absolute atomic E-state index is 0.311. The number of hydrogen-bond acceptors (Lipinski definition) is 6. The molecule has 1 aromatic heterocycles.